The van der Waals surface area contributed by atoms with Crippen molar-refractivity contribution in [3.8, 4) is 10.8 Å². The van der Waals surface area contributed by atoms with Gasteiger partial charge in [0.05, 0.1) is 32.9 Å². The van der Waals surface area contributed by atoms with Gasteiger partial charge in [0.1, 0.15) is 17.3 Å². The summed E-state index contributed by atoms with van der Waals surface area (Å²) < 4.78 is 0.990. The smallest absolute Gasteiger partial charge is 0.149 e. The molecule has 0 atom stereocenters. The zero-order valence-electron chi connectivity index (χ0n) is 9.84. The third kappa shape index (κ3) is 9.08. The SMILES string of the molecule is C[N+](C)(C)Cc1ccccc1.N#CSC#N. The van der Waals surface area contributed by atoms with Crippen LogP contribution in [0.5, 0.6) is 0 Å². The molecule has 0 aliphatic heterocycles. The predicted octanol–water partition coefficient (Wildman–Crippen LogP) is 2.57. The highest BCUT2D eigenvalue weighted by Gasteiger charge is 2.06. The fraction of sp³-hybridized carbons (Fsp3) is 0.333. The molecule has 0 N–H and O–H groups in total. The second-order valence-electron chi connectivity index (χ2n) is 4.22. The number of thioether (sulfide) groups is 1. The number of nitrogens with zero attached hydrogens (tertiary/aromatic N) is 3. The van der Waals surface area contributed by atoms with Gasteiger partial charge in [0.2, 0.25) is 0 Å². The molecule has 1 aromatic rings. The van der Waals surface area contributed by atoms with E-state index in [-0.39, 0.29) is 0 Å². The first-order valence-electron chi connectivity index (χ1n) is 4.78. The van der Waals surface area contributed by atoms with Crippen LogP contribution < -0.4 is 0 Å². The van der Waals surface area contributed by atoms with Crippen LogP contribution in [0.4, 0.5) is 0 Å². The van der Waals surface area contributed by atoms with E-state index in [0.29, 0.717) is 11.8 Å². The lowest BCUT2D eigenvalue weighted by atomic mass is 10.2. The number of nitriles is 2. The van der Waals surface area contributed by atoms with Crippen molar-refractivity contribution >= 4 is 11.8 Å². The maximum absolute atomic E-state index is 7.56. The van der Waals surface area contributed by atoms with Crippen LogP contribution in [-0.2, 0) is 6.54 Å². The average Bonchev–Trinajstić information content (AvgIpc) is 2.19. The van der Waals surface area contributed by atoms with E-state index < -0.39 is 0 Å². The molecule has 84 valence electrons. The Morgan fingerprint density at radius 3 is 1.88 bits per heavy atom. The lowest BCUT2D eigenvalue weighted by Crippen LogP contribution is -2.33. The first-order valence-corrected chi connectivity index (χ1v) is 5.59. The second-order valence-corrected chi connectivity index (χ2v) is 4.79. The van der Waals surface area contributed by atoms with Crippen molar-refractivity contribution in [2.45, 2.75) is 6.54 Å². The number of benzene rings is 1. The third-order valence-corrected chi connectivity index (χ3v) is 1.77. The Labute approximate surface area is 102 Å². The van der Waals surface area contributed by atoms with Crippen LogP contribution in [0.15, 0.2) is 30.3 Å². The summed E-state index contributed by atoms with van der Waals surface area (Å²) in [6.45, 7) is 1.10. The van der Waals surface area contributed by atoms with Gasteiger partial charge in [0, 0.05) is 5.56 Å². The molecule has 0 aliphatic carbocycles. The zero-order valence-corrected chi connectivity index (χ0v) is 10.7. The second kappa shape index (κ2) is 7.76. The minimum absolute atomic E-state index is 0.574. The van der Waals surface area contributed by atoms with Gasteiger partial charge < -0.3 is 4.48 Å². The normalized spacial score (nSPS) is 9.31. The Morgan fingerprint density at radius 2 is 1.56 bits per heavy atom. The molecule has 0 spiro atoms. The molecule has 0 aromatic heterocycles. The Balaban J connectivity index is 0.000000385. The topological polar surface area (TPSA) is 47.6 Å². The maximum Gasteiger partial charge on any atom is 0.149 e. The molecule has 4 heteroatoms. The average molecular weight is 234 g/mol. The van der Waals surface area contributed by atoms with Crippen LogP contribution in [0.1, 0.15) is 5.56 Å². The lowest BCUT2D eigenvalue weighted by Gasteiger charge is -2.23. The minimum atomic E-state index is 0.574. The molecule has 0 bridgehead atoms. The predicted molar refractivity (Wildman–Crippen MR) is 67.0 cm³/mol. The van der Waals surface area contributed by atoms with Crippen LogP contribution in [0.2, 0.25) is 0 Å². The monoisotopic (exact) mass is 234 g/mol. The Bertz CT molecular complexity index is 356. The van der Waals surface area contributed by atoms with Crippen molar-refractivity contribution in [1.29, 1.82) is 10.5 Å². The summed E-state index contributed by atoms with van der Waals surface area (Å²) >= 11 is 0.574. The zero-order chi connectivity index (χ0) is 12.4. The number of quaternary nitrogens is 1. The van der Waals surface area contributed by atoms with Crippen molar-refractivity contribution in [3.63, 3.8) is 0 Å². The summed E-state index contributed by atoms with van der Waals surface area (Å²) in [4.78, 5) is 0. The van der Waals surface area contributed by atoms with Gasteiger partial charge in [-0.25, -0.2) is 0 Å². The number of rotatable bonds is 2. The van der Waals surface area contributed by atoms with Crippen LogP contribution >= 0.6 is 11.8 Å². The van der Waals surface area contributed by atoms with Crippen molar-refractivity contribution in [1.82, 2.24) is 0 Å². The first-order chi connectivity index (χ1) is 7.49. The number of hydrogen-bond donors (Lipinski definition) is 0. The maximum atomic E-state index is 7.56. The summed E-state index contributed by atoms with van der Waals surface area (Å²) in [5, 5.41) is 18.3. The van der Waals surface area contributed by atoms with Gasteiger partial charge in [-0.1, -0.05) is 30.3 Å². The molecule has 1 aromatic carbocycles. The van der Waals surface area contributed by atoms with Gasteiger partial charge in [-0.05, 0) is 0 Å². The van der Waals surface area contributed by atoms with Gasteiger partial charge in [-0.15, -0.1) is 0 Å². The first kappa shape index (κ1) is 14.5. The van der Waals surface area contributed by atoms with Crippen molar-refractivity contribution in [3.05, 3.63) is 35.9 Å². The molecular formula is C12H16N3S+. The highest BCUT2D eigenvalue weighted by atomic mass is 32.2. The highest BCUT2D eigenvalue weighted by molar-refractivity contribution is 8.07. The van der Waals surface area contributed by atoms with E-state index in [1.54, 1.807) is 10.8 Å². The standard InChI is InChI=1S/C10H16N.C2N2S/c1-11(2,3)9-10-7-5-4-6-8-10;3-1-5-2-4/h4-8H,9H2,1-3H3;/q+1;. The molecule has 0 saturated heterocycles. The quantitative estimate of drug-likeness (QED) is 0.583. The molecular weight excluding hydrogens is 218 g/mol. The Morgan fingerprint density at radius 1 is 1.06 bits per heavy atom. The molecule has 0 unspecified atom stereocenters. The molecule has 0 aliphatic rings. The van der Waals surface area contributed by atoms with Crippen molar-refractivity contribution in [2.75, 3.05) is 21.1 Å². The van der Waals surface area contributed by atoms with Crippen LogP contribution in [0.25, 0.3) is 0 Å². The van der Waals surface area contributed by atoms with E-state index in [0.717, 1.165) is 11.0 Å². The lowest BCUT2D eigenvalue weighted by molar-refractivity contribution is -0.884. The Kier molecular flexibility index (Phi) is 7.03. The van der Waals surface area contributed by atoms with Gasteiger partial charge >= 0.3 is 0 Å². The largest absolute Gasteiger partial charge is 0.327 e. The van der Waals surface area contributed by atoms with E-state index in [4.69, 9.17) is 10.5 Å². The number of hydrogen-bond acceptors (Lipinski definition) is 3. The molecule has 0 heterocycles. The van der Waals surface area contributed by atoms with Crippen LogP contribution in [0.3, 0.4) is 0 Å². The van der Waals surface area contributed by atoms with E-state index in [1.165, 1.54) is 5.56 Å². The van der Waals surface area contributed by atoms with E-state index in [9.17, 15) is 0 Å². The summed E-state index contributed by atoms with van der Waals surface area (Å²) in [5.41, 5.74) is 1.40. The van der Waals surface area contributed by atoms with Gasteiger partial charge in [-0.2, -0.15) is 10.5 Å². The van der Waals surface area contributed by atoms with E-state index >= 15 is 0 Å². The van der Waals surface area contributed by atoms with E-state index in [1.807, 2.05) is 0 Å². The fourth-order valence-corrected chi connectivity index (χ4v) is 1.19. The highest BCUT2D eigenvalue weighted by Crippen LogP contribution is 2.05. The van der Waals surface area contributed by atoms with Crippen molar-refractivity contribution < 1.29 is 4.48 Å². The molecule has 0 saturated carbocycles. The minimum Gasteiger partial charge on any atom is -0.327 e. The summed E-state index contributed by atoms with van der Waals surface area (Å²) in [6.07, 6.45) is 0. The third-order valence-electron chi connectivity index (χ3n) is 1.59. The fourth-order valence-electron chi connectivity index (χ4n) is 1.15. The molecule has 0 radical (unpaired) electrons. The van der Waals surface area contributed by atoms with Crippen LogP contribution in [-0.4, -0.2) is 25.6 Å². The van der Waals surface area contributed by atoms with Gasteiger partial charge in [-0.3, -0.25) is 0 Å². The Hall–Kier alpha value is -1.49. The molecule has 3 nitrogen and oxygen atoms in total. The van der Waals surface area contributed by atoms with E-state index in [2.05, 4.69) is 51.5 Å². The molecule has 0 amide bonds. The molecule has 0 fully saturated rings. The number of thiocyanates is 2. The summed E-state index contributed by atoms with van der Waals surface area (Å²) in [6, 6.07) is 10.6. The summed E-state index contributed by atoms with van der Waals surface area (Å²) in [5.74, 6) is 0. The summed E-state index contributed by atoms with van der Waals surface area (Å²) in [7, 11) is 6.60. The molecule has 1 rings (SSSR count). The van der Waals surface area contributed by atoms with Gasteiger partial charge in [0.15, 0.2) is 0 Å². The molecule has 16 heavy (non-hydrogen) atoms. The van der Waals surface area contributed by atoms with Crippen molar-refractivity contribution in [2.24, 2.45) is 0 Å². The van der Waals surface area contributed by atoms with Crippen LogP contribution in [0, 0.1) is 21.3 Å². The van der Waals surface area contributed by atoms with Gasteiger partial charge in [0.25, 0.3) is 0 Å².